The Bertz CT molecular complexity index is 421. The second-order valence-electron chi connectivity index (χ2n) is 4.41. The molecule has 1 rings (SSSR count). The number of benzene rings is 1. The fourth-order valence-corrected chi connectivity index (χ4v) is 2.29. The van der Waals surface area contributed by atoms with E-state index >= 15 is 0 Å². The van der Waals surface area contributed by atoms with Gasteiger partial charge in [-0.3, -0.25) is 4.79 Å². The zero-order chi connectivity index (χ0) is 13.7. The zero-order valence-corrected chi connectivity index (χ0v) is 12.6. The summed E-state index contributed by atoms with van der Waals surface area (Å²) < 4.78 is 0. The molecule has 100 valence electrons. The van der Waals surface area contributed by atoms with Gasteiger partial charge in [0.1, 0.15) is 0 Å². The second kappa shape index (κ2) is 7.22. The molecule has 0 saturated carbocycles. The van der Waals surface area contributed by atoms with Gasteiger partial charge in [0.2, 0.25) is 5.91 Å². The fourth-order valence-electron chi connectivity index (χ4n) is 1.71. The van der Waals surface area contributed by atoms with Crippen molar-refractivity contribution < 1.29 is 4.79 Å². The lowest BCUT2D eigenvalue weighted by atomic mass is 10.1. The number of carbonyl (C=O) groups is 1. The molecule has 0 aliphatic carbocycles. The van der Waals surface area contributed by atoms with Crippen LogP contribution in [0.3, 0.4) is 0 Å². The lowest BCUT2D eigenvalue weighted by Gasteiger charge is -2.15. The molecule has 0 saturated heterocycles. The monoisotopic (exact) mass is 307 g/mol. The summed E-state index contributed by atoms with van der Waals surface area (Å²) in [5.41, 5.74) is 0.841. The van der Waals surface area contributed by atoms with Crippen molar-refractivity contribution in [3.63, 3.8) is 0 Å². The van der Waals surface area contributed by atoms with Gasteiger partial charge in [-0.2, -0.15) is 0 Å². The van der Waals surface area contributed by atoms with E-state index in [1.807, 2.05) is 13.8 Å². The largest absolute Gasteiger partial charge is 0.353 e. The Morgan fingerprint density at radius 2 is 1.94 bits per heavy atom. The summed E-state index contributed by atoms with van der Waals surface area (Å²) in [7, 11) is 0. The van der Waals surface area contributed by atoms with E-state index in [-0.39, 0.29) is 23.7 Å². The number of alkyl halides is 1. The molecule has 1 aromatic rings. The van der Waals surface area contributed by atoms with Gasteiger partial charge in [0.25, 0.3) is 0 Å². The van der Waals surface area contributed by atoms with Crippen molar-refractivity contribution >= 4 is 40.7 Å². The molecule has 0 aliphatic heterocycles. The number of hydrogen-bond donors (Lipinski definition) is 1. The van der Waals surface area contributed by atoms with Crippen molar-refractivity contribution in [2.24, 2.45) is 0 Å². The van der Waals surface area contributed by atoms with Gasteiger partial charge >= 0.3 is 0 Å². The van der Waals surface area contributed by atoms with E-state index in [1.54, 1.807) is 18.2 Å². The molecule has 2 unspecified atom stereocenters. The molecule has 1 aromatic carbocycles. The molecule has 18 heavy (non-hydrogen) atoms. The molecule has 0 fully saturated rings. The van der Waals surface area contributed by atoms with E-state index < -0.39 is 0 Å². The predicted molar refractivity (Wildman–Crippen MR) is 77.7 cm³/mol. The summed E-state index contributed by atoms with van der Waals surface area (Å²) in [5.74, 6) is -0.0433. The van der Waals surface area contributed by atoms with Gasteiger partial charge in [0.15, 0.2) is 0 Å². The quantitative estimate of drug-likeness (QED) is 0.817. The van der Waals surface area contributed by atoms with Gasteiger partial charge < -0.3 is 5.32 Å². The van der Waals surface area contributed by atoms with Gasteiger partial charge in [-0.15, -0.1) is 11.6 Å². The molecule has 0 aromatic heterocycles. The first-order valence-electron chi connectivity index (χ1n) is 5.76. The summed E-state index contributed by atoms with van der Waals surface area (Å²) in [4.78, 5) is 11.8. The summed E-state index contributed by atoms with van der Waals surface area (Å²) >= 11 is 17.6. The van der Waals surface area contributed by atoms with Crippen molar-refractivity contribution in [1.82, 2.24) is 5.32 Å². The predicted octanol–water partition coefficient (Wildman–Crippen LogP) is 4.06. The van der Waals surface area contributed by atoms with Crippen molar-refractivity contribution in [3.05, 3.63) is 33.8 Å². The maximum Gasteiger partial charge on any atom is 0.224 e. The Hall–Kier alpha value is -0.440. The molecule has 5 heteroatoms. The van der Waals surface area contributed by atoms with Crippen LogP contribution in [0.15, 0.2) is 18.2 Å². The van der Waals surface area contributed by atoms with Crippen molar-refractivity contribution in [2.75, 3.05) is 0 Å². The Kier molecular flexibility index (Phi) is 6.27. The number of hydrogen-bond acceptors (Lipinski definition) is 1. The second-order valence-corrected chi connectivity index (χ2v) is 5.97. The molecule has 0 aliphatic rings. The Morgan fingerprint density at radius 3 is 2.50 bits per heavy atom. The summed E-state index contributed by atoms with van der Waals surface area (Å²) in [6.07, 6.45) is 1.03. The van der Waals surface area contributed by atoms with Crippen molar-refractivity contribution in [2.45, 2.75) is 38.1 Å². The van der Waals surface area contributed by atoms with Gasteiger partial charge in [-0.25, -0.2) is 0 Å². The van der Waals surface area contributed by atoms with E-state index in [0.717, 1.165) is 12.0 Å². The van der Waals surface area contributed by atoms with Crippen LogP contribution in [-0.4, -0.2) is 17.3 Å². The third-order valence-electron chi connectivity index (χ3n) is 2.43. The smallest absolute Gasteiger partial charge is 0.224 e. The number of amides is 1. The van der Waals surface area contributed by atoms with Gasteiger partial charge in [-0.05, 0) is 38.0 Å². The van der Waals surface area contributed by atoms with E-state index in [0.29, 0.717) is 10.0 Å². The van der Waals surface area contributed by atoms with Crippen molar-refractivity contribution in [1.29, 1.82) is 0 Å². The van der Waals surface area contributed by atoms with Gasteiger partial charge in [0, 0.05) is 11.4 Å². The highest BCUT2D eigenvalue weighted by Gasteiger charge is 2.11. The molecule has 0 heterocycles. The van der Waals surface area contributed by atoms with Crippen LogP contribution in [0, 0.1) is 0 Å². The average molecular weight is 309 g/mol. The van der Waals surface area contributed by atoms with E-state index in [1.165, 1.54) is 0 Å². The highest BCUT2D eigenvalue weighted by atomic mass is 35.5. The average Bonchev–Trinajstić information content (AvgIpc) is 2.21. The van der Waals surface area contributed by atoms with Crippen molar-refractivity contribution in [3.8, 4) is 0 Å². The Balaban J connectivity index is 2.51. The van der Waals surface area contributed by atoms with Crippen LogP contribution in [0.1, 0.15) is 25.8 Å². The highest BCUT2D eigenvalue weighted by Crippen LogP contribution is 2.22. The molecule has 0 bridgehead atoms. The maximum absolute atomic E-state index is 11.8. The number of carbonyl (C=O) groups excluding carboxylic acids is 1. The Labute approximate surface area is 123 Å². The van der Waals surface area contributed by atoms with Crippen LogP contribution in [-0.2, 0) is 11.2 Å². The highest BCUT2D eigenvalue weighted by molar-refractivity contribution is 6.42. The normalized spacial score (nSPS) is 14.1. The minimum Gasteiger partial charge on any atom is -0.353 e. The summed E-state index contributed by atoms with van der Waals surface area (Å²) in [6.45, 7) is 3.84. The van der Waals surface area contributed by atoms with Crippen LogP contribution in [0.25, 0.3) is 0 Å². The summed E-state index contributed by atoms with van der Waals surface area (Å²) in [5, 5.41) is 3.89. The third-order valence-corrected chi connectivity index (χ3v) is 3.35. The number of rotatable bonds is 5. The lowest BCUT2D eigenvalue weighted by Crippen LogP contribution is -2.34. The molecule has 0 radical (unpaired) electrons. The molecule has 1 amide bonds. The fraction of sp³-hybridized carbons (Fsp3) is 0.462. The van der Waals surface area contributed by atoms with Crippen LogP contribution < -0.4 is 5.32 Å². The third kappa shape index (κ3) is 5.47. The molecule has 2 atom stereocenters. The number of nitrogens with one attached hydrogen (secondary N) is 1. The topological polar surface area (TPSA) is 29.1 Å². The summed E-state index contributed by atoms with van der Waals surface area (Å²) in [6, 6.07) is 5.25. The van der Waals surface area contributed by atoms with Crippen LogP contribution in [0.2, 0.25) is 10.0 Å². The van der Waals surface area contributed by atoms with Crippen LogP contribution in [0.4, 0.5) is 0 Å². The zero-order valence-electron chi connectivity index (χ0n) is 10.3. The molecule has 1 N–H and O–H groups in total. The SMILES string of the molecule is CC(Cl)CC(C)NC(=O)Cc1ccc(Cl)c(Cl)c1. The Morgan fingerprint density at radius 1 is 1.28 bits per heavy atom. The maximum atomic E-state index is 11.8. The molecular formula is C13H16Cl3NO. The first-order valence-corrected chi connectivity index (χ1v) is 6.95. The van der Waals surface area contributed by atoms with Gasteiger partial charge in [0.05, 0.1) is 16.5 Å². The minimum absolute atomic E-state index is 0.0433. The molecular weight excluding hydrogens is 293 g/mol. The van der Waals surface area contributed by atoms with E-state index in [4.69, 9.17) is 34.8 Å². The van der Waals surface area contributed by atoms with Crippen LogP contribution in [0.5, 0.6) is 0 Å². The standard InChI is InChI=1S/C13H16Cl3NO/c1-8(14)5-9(2)17-13(18)7-10-3-4-11(15)12(16)6-10/h3-4,6,8-9H,5,7H2,1-2H3,(H,17,18). The first-order chi connectivity index (χ1) is 8.38. The van der Waals surface area contributed by atoms with E-state index in [9.17, 15) is 4.79 Å². The lowest BCUT2D eigenvalue weighted by molar-refractivity contribution is -0.121. The number of halogens is 3. The van der Waals surface area contributed by atoms with E-state index in [2.05, 4.69) is 5.32 Å². The molecule has 2 nitrogen and oxygen atoms in total. The minimum atomic E-state index is -0.0433. The van der Waals surface area contributed by atoms with Gasteiger partial charge in [-0.1, -0.05) is 29.3 Å². The first kappa shape index (κ1) is 15.6. The molecule has 0 spiro atoms. The van der Waals surface area contributed by atoms with Crippen LogP contribution >= 0.6 is 34.8 Å².